The van der Waals surface area contributed by atoms with Crippen LogP contribution in [0.15, 0.2) is 58.1 Å². The molecule has 4 nitrogen and oxygen atoms in total. The van der Waals surface area contributed by atoms with E-state index in [1.807, 2.05) is 18.2 Å². The lowest BCUT2D eigenvalue weighted by atomic mass is 10.1. The molecular weight excluding hydrogens is 286 g/mol. The first kappa shape index (κ1) is 13.7. The summed E-state index contributed by atoms with van der Waals surface area (Å²) in [5.41, 5.74) is 1.39. The minimum atomic E-state index is -0.263. The molecule has 0 fully saturated rings. The van der Waals surface area contributed by atoms with Crippen LogP contribution >= 0.6 is 11.3 Å². The summed E-state index contributed by atoms with van der Waals surface area (Å²) in [6, 6.07) is 14.3. The molecule has 3 rings (SSSR count). The zero-order chi connectivity index (χ0) is 14.8. The molecule has 0 aliphatic rings. The van der Waals surface area contributed by atoms with E-state index in [4.69, 9.17) is 5.11 Å². The zero-order valence-electron chi connectivity index (χ0n) is 11.2. The van der Waals surface area contributed by atoms with Crippen LogP contribution in [0, 0.1) is 0 Å². The van der Waals surface area contributed by atoms with E-state index in [1.165, 1.54) is 4.57 Å². The Balaban J connectivity index is 2.07. The molecule has 1 aromatic heterocycles. The molecular formula is C16H13NO3S. The van der Waals surface area contributed by atoms with Crippen LogP contribution in [0.2, 0.25) is 0 Å². The lowest BCUT2D eigenvalue weighted by Crippen LogP contribution is -2.31. The monoisotopic (exact) mass is 299 g/mol. The highest BCUT2D eigenvalue weighted by molar-refractivity contribution is 7.16. The molecule has 0 amide bonds. The SMILES string of the molecule is O=c1sc2ccccc2c(=O)n1Cc1ccc(CO)cc1. The van der Waals surface area contributed by atoms with Gasteiger partial charge in [0.2, 0.25) is 0 Å². The number of nitrogens with zero attached hydrogens (tertiary/aromatic N) is 1. The Morgan fingerprint density at radius 3 is 2.33 bits per heavy atom. The van der Waals surface area contributed by atoms with Gasteiger partial charge in [0.15, 0.2) is 0 Å². The predicted molar refractivity (Wildman–Crippen MR) is 83.8 cm³/mol. The van der Waals surface area contributed by atoms with Crippen LogP contribution in [0.3, 0.4) is 0 Å². The van der Waals surface area contributed by atoms with Crippen LogP contribution in [0.25, 0.3) is 10.1 Å². The normalized spacial score (nSPS) is 10.9. The smallest absolute Gasteiger partial charge is 0.310 e. The van der Waals surface area contributed by atoms with Crippen molar-refractivity contribution >= 4 is 21.4 Å². The molecule has 0 radical (unpaired) electrons. The molecule has 0 bridgehead atoms. The third-order valence-electron chi connectivity index (χ3n) is 3.33. The van der Waals surface area contributed by atoms with Crippen LogP contribution in [0.5, 0.6) is 0 Å². The van der Waals surface area contributed by atoms with Gasteiger partial charge in [0.05, 0.1) is 18.5 Å². The Labute approximate surface area is 124 Å². The van der Waals surface area contributed by atoms with E-state index < -0.39 is 0 Å². The molecule has 0 saturated heterocycles. The summed E-state index contributed by atoms with van der Waals surface area (Å²) in [6.45, 7) is 0.218. The van der Waals surface area contributed by atoms with E-state index in [0.29, 0.717) is 10.1 Å². The Hall–Kier alpha value is -2.24. The maximum atomic E-state index is 12.4. The summed E-state index contributed by atoms with van der Waals surface area (Å²) in [4.78, 5) is 24.3. The van der Waals surface area contributed by atoms with Gasteiger partial charge in [-0.25, -0.2) is 0 Å². The Morgan fingerprint density at radius 1 is 0.952 bits per heavy atom. The van der Waals surface area contributed by atoms with Gasteiger partial charge in [0.1, 0.15) is 0 Å². The Kier molecular flexibility index (Phi) is 3.68. The molecule has 1 N–H and O–H groups in total. The molecule has 0 aliphatic heterocycles. The Morgan fingerprint density at radius 2 is 1.62 bits per heavy atom. The second kappa shape index (κ2) is 5.63. The number of benzene rings is 2. The molecule has 0 saturated carbocycles. The van der Waals surface area contributed by atoms with Gasteiger partial charge in [0, 0.05) is 4.70 Å². The summed E-state index contributed by atoms with van der Waals surface area (Å²) in [5, 5.41) is 9.59. The lowest BCUT2D eigenvalue weighted by Gasteiger charge is -2.06. The lowest BCUT2D eigenvalue weighted by molar-refractivity contribution is 0.282. The van der Waals surface area contributed by atoms with Gasteiger partial charge in [0.25, 0.3) is 5.56 Å². The van der Waals surface area contributed by atoms with Gasteiger partial charge in [-0.3, -0.25) is 14.2 Å². The average Bonchev–Trinajstić information content (AvgIpc) is 2.52. The van der Waals surface area contributed by atoms with Crippen molar-refractivity contribution in [3.63, 3.8) is 0 Å². The molecule has 1 heterocycles. The highest BCUT2D eigenvalue weighted by Crippen LogP contribution is 2.12. The first-order valence-corrected chi connectivity index (χ1v) is 7.32. The number of aromatic nitrogens is 1. The number of rotatable bonds is 3. The third-order valence-corrected chi connectivity index (χ3v) is 4.30. The third kappa shape index (κ3) is 2.66. The van der Waals surface area contributed by atoms with Gasteiger partial charge < -0.3 is 5.11 Å². The number of hydrogen-bond acceptors (Lipinski definition) is 4. The highest BCUT2D eigenvalue weighted by Gasteiger charge is 2.08. The number of aliphatic hydroxyl groups excluding tert-OH is 1. The van der Waals surface area contributed by atoms with Gasteiger partial charge in [-0.15, -0.1) is 0 Å². The van der Waals surface area contributed by atoms with Crippen molar-refractivity contribution in [2.24, 2.45) is 0 Å². The fourth-order valence-electron chi connectivity index (χ4n) is 2.18. The molecule has 0 aliphatic carbocycles. The second-order valence-corrected chi connectivity index (χ2v) is 5.72. The second-order valence-electron chi connectivity index (χ2n) is 4.73. The van der Waals surface area contributed by atoms with E-state index in [0.717, 1.165) is 22.5 Å². The van der Waals surface area contributed by atoms with E-state index in [1.54, 1.807) is 30.3 Å². The molecule has 0 atom stereocenters. The van der Waals surface area contributed by atoms with Crippen LogP contribution < -0.4 is 10.4 Å². The van der Waals surface area contributed by atoms with E-state index >= 15 is 0 Å². The van der Waals surface area contributed by atoms with Crippen molar-refractivity contribution in [3.8, 4) is 0 Å². The van der Waals surface area contributed by atoms with Crippen molar-refractivity contribution in [1.29, 1.82) is 0 Å². The largest absolute Gasteiger partial charge is 0.392 e. The van der Waals surface area contributed by atoms with Crippen molar-refractivity contribution < 1.29 is 5.11 Å². The number of hydrogen-bond donors (Lipinski definition) is 1. The molecule has 2 aromatic carbocycles. The minimum Gasteiger partial charge on any atom is -0.392 e. The van der Waals surface area contributed by atoms with Gasteiger partial charge in [-0.05, 0) is 23.3 Å². The summed E-state index contributed by atoms with van der Waals surface area (Å²) in [6.07, 6.45) is 0. The van der Waals surface area contributed by atoms with Crippen molar-refractivity contribution in [2.45, 2.75) is 13.2 Å². The maximum Gasteiger partial charge on any atom is 0.310 e. The summed E-state index contributed by atoms with van der Waals surface area (Å²) < 4.78 is 1.96. The highest BCUT2D eigenvalue weighted by atomic mass is 32.1. The van der Waals surface area contributed by atoms with Crippen LogP contribution in [0.1, 0.15) is 11.1 Å². The van der Waals surface area contributed by atoms with Gasteiger partial charge in [-0.1, -0.05) is 47.7 Å². The molecule has 0 spiro atoms. The fourth-order valence-corrected chi connectivity index (χ4v) is 3.04. The van der Waals surface area contributed by atoms with Crippen LogP contribution in [-0.4, -0.2) is 9.67 Å². The standard InChI is InChI=1S/C16H13NO3S/c18-10-12-7-5-11(6-8-12)9-17-15(19)13-3-1-2-4-14(13)21-16(17)20/h1-8,18H,9-10H2. The number of fused-ring (bicyclic) bond motifs is 1. The topological polar surface area (TPSA) is 59.3 Å². The molecule has 21 heavy (non-hydrogen) atoms. The van der Waals surface area contributed by atoms with E-state index in [2.05, 4.69) is 0 Å². The van der Waals surface area contributed by atoms with E-state index in [-0.39, 0.29) is 23.6 Å². The van der Waals surface area contributed by atoms with E-state index in [9.17, 15) is 9.59 Å². The molecule has 0 unspecified atom stereocenters. The van der Waals surface area contributed by atoms with Gasteiger partial charge >= 0.3 is 4.87 Å². The fraction of sp³-hybridized carbons (Fsp3) is 0.125. The average molecular weight is 299 g/mol. The first-order chi connectivity index (χ1) is 10.2. The van der Waals surface area contributed by atoms with Crippen molar-refractivity contribution in [3.05, 3.63) is 79.7 Å². The Bertz CT molecular complexity index is 894. The summed E-state index contributed by atoms with van der Waals surface area (Å²) in [5.74, 6) is 0. The summed E-state index contributed by atoms with van der Waals surface area (Å²) >= 11 is 1.08. The molecule has 106 valence electrons. The summed E-state index contributed by atoms with van der Waals surface area (Å²) in [7, 11) is 0. The van der Waals surface area contributed by atoms with Crippen molar-refractivity contribution in [1.82, 2.24) is 4.57 Å². The number of aliphatic hydroxyl groups is 1. The molecule has 3 aromatic rings. The molecule has 5 heteroatoms. The zero-order valence-corrected chi connectivity index (χ0v) is 12.0. The van der Waals surface area contributed by atoms with Gasteiger partial charge in [-0.2, -0.15) is 0 Å². The van der Waals surface area contributed by atoms with Crippen LogP contribution in [-0.2, 0) is 13.2 Å². The van der Waals surface area contributed by atoms with Crippen LogP contribution in [0.4, 0.5) is 0 Å². The quantitative estimate of drug-likeness (QED) is 0.804. The minimum absolute atomic E-state index is 0.0227. The maximum absolute atomic E-state index is 12.4. The predicted octanol–water partition coefficient (Wildman–Crippen LogP) is 1.96. The first-order valence-electron chi connectivity index (χ1n) is 6.50. The van der Waals surface area contributed by atoms with Crippen molar-refractivity contribution in [2.75, 3.05) is 0 Å².